The van der Waals surface area contributed by atoms with Gasteiger partial charge in [0, 0.05) is 24.2 Å². The van der Waals surface area contributed by atoms with Gasteiger partial charge in [-0.1, -0.05) is 25.5 Å². The summed E-state index contributed by atoms with van der Waals surface area (Å²) in [6, 6.07) is 2.16. The van der Waals surface area contributed by atoms with E-state index in [4.69, 9.17) is 26.2 Å². The summed E-state index contributed by atoms with van der Waals surface area (Å²) in [6.07, 6.45) is 13.4. The molecular formula is C28H54O6Si4. The van der Waals surface area contributed by atoms with Crippen molar-refractivity contribution in [3.63, 3.8) is 0 Å². The summed E-state index contributed by atoms with van der Waals surface area (Å²) < 4.78 is 40.0. The molecule has 5 aliphatic rings. The largest absolute Gasteiger partial charge is 0.439 e. The van der Waals surface area contributed by atoms with Crippen molar-refractivity contribution in [1.82, 2.24) is 0 Å². The Balaban J connectivity index is 1.31. The number of hydrogen-bond acceptors (Lipinski definition) is 6. The summed E-state index contributed by atoms with van der Waals surface area (Å²) in [7, 11) is -8.69. The van der Waals surface area contributed by atoms with Gasteiger partial charge in [-0.05, 0) is 107 Å². The molecule has 8 atom stereocenters. The first kappa shape index (κ1) is 29.8. The molecular weight excluding hydrogens is 545 g/mol. The van der Waals surface area contributed by atoms with Crippen LogP contribution in [0.25, 0.3) is 0 Å². The molecule has 0 aromatic heterocycles. The molecule has 2 saturated heterocycles. The van der Waals surface area contributed by atoms with Crippen LogP contribution in [-0.4, -0.2) is 67.8 Å². The van der Waals surface area contributed by atoms with E-state index in [2.05, 4.69) is 51.8 Å². The van der Waals surface area contributed by atoms with Gasteiger partial charge in [-0.2, -0.15) is 0 Å². The molecule has 2 saturated carbocycles. The molecule has 0 amide bonds. The third kappa shape index (κ3) is 6.55. The molecule has 0 spiro atoms. The normalized spacial score (nSPS) is 44.3. The average Bonchev–Trinajstić information content (AvgIpc) is 3.53. The van der Waals surface area contributed by atoms with Crippen molar-refractivity contribution in [2.75, 3.05) is 33.0 Å². The topological polar surface area (TPSA) is 55.4 Å². The lowest BCUT2D eigenvalue weighted by atomic mass is 9.81. The molecule has 3 aliphatic carbocycles. The van der Waals surface area contributed by atoms with Crippen molar-refractivity contribution >= 4 is 34.7 Å². The summed E-state index contributed by atoms with van der Waals surface area (Å²) in [6.45, 7) is 17.9. The van der Waals surface area contributed by atoms with E-state index >= 15 is 0 Å². The molecule has 218 valence electrons. The molecule has 5 rings (SSSR count). The first-order valence-corrected chi connectivity index (χ1v) is 25.8. The highest BCUT2D eigenvalue weighted by Gasteiger charge is 2.61. The Morgan fingerprint density at radius 2 is 1.87 bits per heavy atom. The highest BCUT2D eigenvalue weighted by molar-refractivity contribution is 6.87. The van der Waals surface area contributed by atoms with Gasteiger partial charge in [0.15, 0.2) is 9.04 Å². The zero-order valence-corrected chi connectivity index (χ0v) is 29.1. The maximum atomic E-state index is 7.51. The van der Waals surface area contributed by atoms with Gasteiger partial charge < -0.3 is 26.2 Å². The second-order valence-electron chi connectivity index (χ2n) is 13.9. The van der Waals surface area contributed by atoms with Gasteiger partial charge in [0.25, 0.3) is 0 Å². The fraction of sp³-hybridized carbons (Fsp3) is 0.929. The Bertz CT molecular complexity index is 835. The van der Waals surface area contributed by atoms with Crippen molar-refractivity contribution in [1.29, 1.82) is 0 Å². The van der Waals surface area contributed by atoms with Crippen LogP contribution in [0, 0.1) is 29.1 Å². The van der Waals surface area contributed by atoms with E-state index in [1.165, 1.54) is 31.7 Å². The Labute approximate surface area is 237 Å². The van der Waals surface area contributed by atoms with Crippen LogP contribution in [0.4, 0.5) is 0 Å². The average molecular weight is 599 g/mol. The molecule has 0 aromatic carbocycles. The van der Waals surface area contributed by atoms with E-state index in [-0.39, 0.29) is 5.41 Å². The minimum absolute atomic E-state index is 0.235. The number of hydrogen-bond donors (Lipinski definition) is 0. The van der Waals surface area contributed by atoms with Crippen molar-refractivity contribution in [3.05, 3.63) is 12.2 Å². The SMILES string of the molecule is CCC1(COCCC[Si]2(C)O[Si](C)(C)OCCCC[SiH](C)O[Si](C)(C3CC4CC3C3C=CCC43)O2)COC1. The number of ether oxygens (including phenoxy) is 2. The summed E-state index contributed by atoms with van der Waals surface area (Å²) in [4.78, 5) is 0. The second kappa shape index (κ2) is 11.9. The lowest BCUT2D eigenvalue weighted by Crippen LogP contribution is -2.60. The highest BCUT2D eigenvalue weighted by atomic mass is 28.5. The minimum atomic E-state index is -2.57. The third-order valence-corrected chi connectivity index (χ3v) is 26.3. The van der Waals surface area contributed by atoms with Gasteiger partial charge in [0.05, 0.1) is 19.8 Å². The Kier molecular flexibility index (Phi) is 9.37. The maximum absolute atomic E-state index is 7.51. The summed E-state index contributed by atoms with van der Waals surface area (Å²) in [5.74, 6) is 3.25. The van der Waals surface area contributed by atoms with E-state index in [0.29, 0.717) is 5.54 Å². The van der Waals surface area contributed by atoms with Gasteiger partial charge in [-0.25, -0.2) is 0 Å². The fourth-order valence-corrected chi connectivity index (χ4v) is 27.2. The van der Waals surface area contributed by atoms with E-state index in [0.717, 1.165) is 82.0 Å². The molecule has 2 bridgehead atoms. The van der Waals surface area contributed by atoms with E-state index in [1.54, 1.807) is 0 Å². The fourth-order valence-electron chi connectivity index (χ4n) is 8.31. The molecule has 0 aromatic rings. The number of allylic oxidation sites excluding steroid dienone is 2. The van der Waals surface area contributed by atoms with Crippen LogP contribution in [0.3, 0.4) is 0 Å². The first-order chi connectivity index (χ1) is 18.1. The minimum Gasteiger partial charge on any atom is -0.439 e. The van der Waals surface area contributed by atoms with Crippen molar-refractivity contribution in [2.45, 2.75) is 102 Å². The van der Waals surface area contributed by atoms with Crippen molar-refractivity contribution in [3.8, 4) is 0 Å². The Hall–Kier alpha value is 0.368. The molecule has 0 radical (unpaired) electrons. The standard InChI is InChI=1S/C28H54O6Si4/c1-7-28(21-30-22-28)20-29-14-11-17-37(5)33-36(3,4)31-15-8-9-16-35(2)32-38(6,34-37)27-19-23-18-26(27)25-13-10-12-24(23)25/h10,13,23-27,35H,7-9,11-12,14-22H2,1-6H3. The van der Waals surface area contributed by atoms with Gasteiger partial charge >= 0.3 is 25.7 Å². The highest BCUT2D eigenvalue weighted by Crippen LogP contribution is 2.64. The van der Waals surface area contributed by atoms with Crippen molar-refractivity contribution < 1.29 is 26.2 Å². The Morgan fingerprint density at radius 1 is 1.05 bits per heavy atom. The molecule has 2 heterocycles. The van der Waals surface area contributed by atoms with E-state index in [9.17, 15) is 0 Å². The summed E-state index contributed by atoms with van der Waals surface area (Å²) in [5.41, 5.74) is 0.827. The smallest absolute Gasteiger partial charge is 0.322 e. The van der Waals surface area contributed by atoms with E-state index in [1.807, 2.05) is 0 Å². The molecule has 8 unspecified atom stereocenters. The van der Waals surface area contributed by atoms with Crippen LogP contribution in [0.5, 0.6) is 0 Å². The second-order valence-corrected chi connectivity index (χ2v) is 27.3. The van der Waals surface area contributed by atoms with Crippen molar-refractivity contribution in [2.24, 2.45) is 29.1 Å². The predicted molar refractivity (Wildman–Crippen MR) is 161 cm³/mol. The maximum Gasteiger partial charge on any atom is 0.322 e. The zero-order chi connectivity index (χ0) is 27.0. The van der Waals surface area contributed by atoms with E-state index < -0.39 is 34.7 Å². The molecule has 10 heteroatoms. The van der Waals surface area contributed by atoms with Crippen LogP contribution in [-0.2, 0) is 26.2 Å². The van der Waals surface area contributed by atoms with Gasteiger partial charge in [0.1, 0.15) is 0 Å². The molecule has 2 aliphatic heterocycles. The lowest BCUT2D eigenvalue weighted by molar-refractivity contribution is -0.150. The molecule has 0 N–H and O–H groups in total. The molecule has 4 fully saturated rings. The van der Waals surface area contributed by atoms with Crippen LogP contribution >= 0.6 is 0 Å². The molecule has 6 nitrogen and oxygen atoms in total. The van der Waals surface area contributed by atoms with Crippen LogP contribution in [0.15, 0.2) is 12.2 Å². The third-order valence-electron chi connectivity index (χ3n) is 10.3. The summed E-state index contributed by atoms with van der Waals surface area (Å²) >= 11 is 0. The zero-order valence-electron chi connectivity index (χ0n) is 25.0. The quantitative estimate of drug-likeness (QED) is 0.181. The van der Waals surface area contributed by atoms with Crippen LogP contribution < -0.4 is 0 Å². The predicted octanol–water partition coefficient (Wildman–Crippen LogP) is 6.48. The van der Waals surface area contributed by atoms with Crippen LogP contribution in [0.1, 0.15) is 51.9 Å². The Morgan fingerprint density at radius 3 is 2.61 bits per heavy atom. The number of rotatable bonds is 8. The lowest BCUT2D eigenvalue weighted by Gasteiger charge is -2.47. The van der Waals surface area contributed by atoms with Gasteiger partial charge in [-0.15, -0.1) is 0 Å². The van der Waals surface area contributed by atoms with Gasteiger partial charge in [0.2, 0.25) is 0 Å². The number of fused-ring (bicyclic) bond motifs is 5. The van der Waals surface area contributed by atoms with Crippen LogP contribution in [0.2, 0.25) is 50.4 Å². The summed E-state index contributed by atoms with van der Waals surface area (Å²) in [5, 5.41) is 0. The first-order valence-electron chi connectivity index (χ1n) is 15.6. The monoisotopic (exact) mass is 598 g/mol. The molecule has 38 heavy (non-hydrogen) atoms. The van der Waals surface area contributed by atoms with Gasteiger partial charge in [-0.3, -0.25) is 0 Å².